The molecule has 0 aliphatic carbocycles. The lowest BCUT2D eigenvalue weighted by Crippen LogP contribution is -2.12. The molecule has 0 radical (unpaired) electrons. The Bertz CT molecular complexity index is 698. The number of benzene rings is 1. The normalized spacial score (nSPS) is 11.5. The quantitative estimate of drug-likeness (QED) is 0.891. The molecule has 19 heavy (non-hydrogen) atoms. The predicted octanol–water partition coefficient (Wildman–Crippen LogP) is 4.01. The van der Waals surface area contributed by atoms with Gasteiger partial charge in [0.15, 0.2) is 0 Å². The van der Waals surface area contributed by atoms with Crippen LogP contribution in [-0.4, -0.2) is 8.42 Å². The molecule has 2 aromatic rings. The van der Waals surface area contributed by atoms with Gasteiger partial charge in [0.2, 0.25) is 0 Å². The minimum atomic E-state index is -3.67. The maximum Gasteiger partial charge on any atom is 0.271 e. The van der Waals surface area contributed by atoms with E-state index < -0.39 is 15.8 Å². The van der Waals surface area contributed by atoms with Crippen molar-refractivity contribution >= 4 is 43.0 Å². The summed E-state index contributed by atoms with van der Waals surface area (Å²) < 4.78 is 40.5. The number of anilines is 1. The van der Waals surface area contributed by atoms with Gasteiger partial charge in [0, 0.05) is 9.35 Å². The van der Waals surface area contributed by atoms with Gasteiger partial charge in [0.05, 0.1) is 5.69 Å². The summed E-state index contributed by atoms with van der Waals surface area (Å²) in [7, 11) is -3.67. The molecule has 0 saturated carbocycles. The number of sulfonamides is 1. The second-order valence-corrected chi connectivity index (χ2v) is 7.74. The van der Waals surface area contributed by atoms with Crippen molar-refractivity contribution in [3.8, 4) is 0 Å². The topological polar surface area (TPSA) is 46.2 Å². The highest BCUT2D eigenvalue weighted by molar-refractivity contribution is 9.10. The summed E-state index contributed by atoms with van der Waals surface area (Å²) in [5.74, 6) is -0.499. The third-order valence-electron chi connectivity index (χ3n) is 2.42. The maximum absolute atomic E-state index is 13.1. The third-order valence-corrected chi connectivity index (χ3v) is 6.20. The molecule has 3 nitrogen and oxygen atoms in total. The summed E-state index contributed by atoms with van der Waals surface area (Å²) >= 11 is 4.39. The molecule has 0 spiro atoms. The Kier molecular flexibility index (Phi) is 4.27. The summed E-state index contributed by atoms with van der Waals surface area (Å²) in [6.45, 7) is 1.96. The Morgan fingerprint density at radius 3 is 2.68 bits per heavy atom. The van der Waals surface area contributed by atoms with Gasteiger partial charge in [-0.05, 0) is 52.7 Å². The van der Waals surface area contributed by atoms with Gasteiger partial charge in [-0.25, -0.2) is 12.8 Å². The van der Waals surface area contributed by atoms with Gasteiger partial charge in [0.25, 0.3) is 10.0 Å². The molecule has 0 saturated heterocycles. The maximum atomic E-state index is 13.1. The number of thiophene rings is 1. The van der Waals surface area contributed by atoms with Gasteiger partial charge >= 0.3 is 0 Å². The van der Waals surface area contributed by atoms with Crippen molar-refractivity contribution < 1.29 is 12.8 Å². The summed E-state index contributed by atoms with van der Waals surface area (Å²) in [5.41, 5.74) is 0.187. The van der Waals surface area contributed by atoms with Crippen LogP contribution in [0.5, 0.6) is 0 Å². The smallest absolute Gasteiger partial charge is 0.271 e. The monoisotopic (exact) mass is 363 g/mol. The molecule has 0 aliphatic rings. The molecular formula is C12H11BrFNO2S2. The molecule has 1 N–H and O–H groups in total. The summed E-state index contributed by atoms with van der Waals surface area (Å²) in [4.78, 5) is 0.985. The van der Waals surface area contributed by atoms with Crippen LogP contribution in [0.25, 0.3) is 0 Å². The van der Waals surface area contributed by atoms with E-state index in [1.54, 1.807) is 12.1 Å². The second kappa shape index (κ2) is 5.60. The summed E-state index contributed by atoms with van der Waals surface area (Å²) in [5, 5.41) is 0. The van der Waals surface area contributed by atoms with Crippen LogP contribution in [-0.2, 0) is 16.4 Å². The molecule has 2 rings (SSSR count). The van der Waals surface area contributed by atoms with Crippen molar-refractivity contribution in [2.75, 3.05) is 4.72 Å². The van der Waals surface area contributed by atoms with Crippen LogP contribution in [0.2, 0.25) is 0 Å². The van der Waals surface area contributed by atoms with Gasteiger partial charge in [-0.15, -0.1) is 11.3 Å². The highest BCUT2D eigenvalue weighted by Crippen LogP contribution is 2.28. The van der Waals surface area contributed by atoms with Crippen LogP contribution in [0.1, 0.15) is 11.8 Å². The van der Waals surface area contributed by atoms with Crippen LogP contribution in [0.3, 0.4) is 0 Å². The number of aryl methyl sites for hydroxylation is 1. The van der Waals surface area contributed by atoms with Crippen molar-refractivity contribution in [1.29, 1.82) is 0 Å². The van der Waals surface area contributed by atoms with Crippen LogP contribution >= 0.6 is 27.3 Å². The van der Waals surface area contributed by atoms with E-state index in [0.717, 1.165) is 17.4 Å². The molecule has 0 bridgehead atoms. The Hall–Kier alpha value is -0.920. The molecule has 0 atom stereocenters. The molecule has 0 amide bonds. The molecule has 102 valence electrons. The third kappa shape index (κ3) is 3.34. The minimum Gasteiger partial charge on any atom is -0.278 e. The summed E-state index contributed by atoms with van der Waals surface area (Å²) in [6, 6.07) is 7.18. The molecule has 0 fully saturated rings. The molecule has 1 aromatic heterocycles. The first-order valence-corrected chi connectivity index (χ1v) is 8.58. The zero-order valence-corrected chi connectivity index (χ0v) is 13.2. The first kappa shape index (κ1) is 14.5. The van der Waals surface area contributed by atoms with Crippen LogP contribution in [0.15, 0.2) is 39.0 Å². The van der Waals surface area contributed by atoms with Crippen molar-refractivity contribution in [2.24, 2.45) is 0 Å². The average molecular weight is 364 g/mol. The lowest BCUT2D eigenvalue weighted by molar-refractivity contribution is 0.603. The fourth-order valence-corrected chi connectivity index (χ4v) is 4.31. The van der Waals surface area contributed by atoms with E-state index in [2.05, 4.69) is 20.7 Å². The van der Waals surface area contributed by atoms with Crippen molar-refractivity contribution in [1.82, 2.24) is 0 Å². The molecule has 1 heterocycles. The van der Waals surface area contributed by atoms with Gasteiger partial charge in [0.1, 0.15) is 10.0 Å². The predicted molar refractivity (Wildman–Crippen MR) is 78.6 cm³/mol. The minimum absolute atomic E-state index is 0.187. The van der Waals surface area contributed by atoms with E-state index in [1.165, 1.54) is 23.5 Å². The van der Waals surface area contributed by atoms with Gasteiger partial charge < -0.3 is 0 Å². The average Bonchev–Trinajstić information content (AvgIpc) is 2.83. The van der Waals surface area contributed by atoms with Crippen LogP contribution < -0.4 is 4.72 Å². The molecule has 1 aromatic carbocycles. The van der Waals surface area contributed by atoms with Gasteiger partial charge in [-0.2, -0.15) is 0 Å². The van der Waals surface area contributed by atoms with E-state index in [9.17, 15) is 12.8 Å². The number of halogens is 2. The van der Waals surface area contributed by atoms with E-state index in [4.69, 9.17) is 0 Å². The molecular weight excluding hydrogens is 353 g/mol. The van der Waals surface area contributed by atoms with E-state index >= 15 is 0 Å². The lowest BCUT2D eigenvalue weighted by atomic mass is 10.3. The standard InChI is InChI=1S/C12H11BrFNO2S2/c1-2-9-4-6-12(18-9)19(16,17)15-11-7-8(14)3-5-10(11)13/h3-7,15H,2H2,1H3. The van der Waals surface area contributed by atoms with E-state index in [-0.39, 0.29) is 9.90 Å². The SMILES string of the molecule is CCc1ccc(S(=O)(=O)Nc2cc(F)ccc2Br)s1. The fraction of sp³-hybridized carbons (Fsp3) is 0.167. The van der Waals surface area contributed by atoms with E-state index in [1.807, 2.05) is 6.92 Å². The first-order valence-electron chi connectivity index (χ1n) is 5.49. The number of hydrogen-bond acceptors (Lipinski definition) is 3. The number of nitrogens with one attached hydrogen (secondary N) is 1. The largest absolute Gasteiger partial charge is 0.278 e. The zero-order valence-electron chi connectivity index (χ0n) is 9.98. The number of hydrogen-bond donors (Lipinski definition) is 1. The highest BCUT2D eigenvalue weighted by atomic mass is 79.9. The van der Waals surface area contributed by atoms with E-state index in [0.29, 0.717) is 4.47 Å². The Labute approximate surface area is 123 Å². The molecule has 7 heteroatoms. The molecule has 0 aliphatic heterocycles. The Morgan fingerprint density at radius 2 is 2.05 bits per heavy atom. The van der Waals surface area contributed by atoms with Crippen LogP contribution in [0.4, 0.5) is 10.1 Å². The Balaban J connectivity index is 2.33. The highest BCUT2D eigenvalue weighted by Gasteiger charge is 2.18. The van der Waals surface area contributed by atoms with Crippen molar-refractivity contribution in [3.05, 3.63) is 45.5 Å². The van der Waals surface area contributed by atoms with Gasteiger partial charge in [-0.3, -0.25) is 4.72 Å². The zero-order chi connectivity index (χ0) is 14.0. The fourth-order valence-electron chi connectivity index (χ4n) is 1.46. The first-order chi connectivity index (χ1) is 8.92. The Morgan fingerprint density at radius 1 is 1.32 bits per heavy atom. The van der Waals surface area contributed by atoms with Crippen LogP contribution in [0, 0.1) is 5.82 Å². The lowest BCUT2D eigenvalue weighted by Gasteiger charge is -2.08. The van der Waals surface area contributed by atoms with Gasteiger partial charge in [-0.1, -0.05) is 6.92 Å². The molecule has 0 unspecified atom stereocenters. The number of rotatable bonds is 4. The summed E-state index contributed by atoms with van der Waals surface area (Å²) in [6.07, 6.45) is 0.782. The van der Waals surface area contributed by atoms with Crippen molar-refractivity contribution in [2.45, 2.75) is 17.6 Å². The second-order valence-electron chi connectivity index (χ2n) is 3.80. The van der Waals surface area contributed by atoms with Crippen molar-refractivity contribution in [3.63, 3.8) is 0 Å².